The van der Waals surface area contributed by atoms with Gasteiger partial charge in [-0.2, -0.15) is 0 Å². The third-order valence-electron chi connectivity index (χ3n) is 4.73. The summed E-state index contributed by atoms with van der Waals surface area (Å²) in [6.45, 7) is 6.52. The van der Waals surface area contributed by atoms with Gasteiger partial charge in [0.05, 0.1) is 12.3 Å². The lowest BCUT2D eigenvalue weighted by atomic mass is 9.95. The van der Waals surface area contributed by atoms with E-state index in [0.29, 0.717) is 18.6 Å². The van der Waals surface area contributed by atoms with Crippen molar-refractivity contribution in [3.63, 3.8) is 0 Å². The molecular formula is C15H25N3O. The normalized spacial score (nSPS) is 31.1. The second-order valence-electron chi connectivity index (χ2n) is 5.96. The van der Waals surface area contributed by atoms with E-state index in [1.165, 1.54) is 32.4 Å². The number of rotatable bonds is 3. The summed E-state index contributed by atoms with van der Waals surface area (Å²) in [5, 5.41) is 0. The Hall–Kier alpha value is -0.840. The topological polar surface area (TPSA) is 45.6 Å². The summed E-state index contributed by atoms with van der Waals surface area (Å²) in [6.07, 6.45) is 5.82. The first-order chi connectivity index (χ1) is 9.29. The van der Waals surface area contributed by atoms with Crippen LogP contribution in [0.25, 0.3) is 0 Å². The third-order valence-corrected chi connectivity index (χ3v) is 4.73. The van der Waals surface area contributed by atoms with E-state index in [9.17, 15) is 0 Å². The van der Waals surface area contributed by atoms with E-state index >= 15 is 0 Å². The Bertz CT molecular complexity index is 392. The van der Waals surface area contributed by atoms with Gasteiger partial charge in [0.15, 0.2) is 0 Å². The van der Waals surface area contributed by atoms with E-state index in [0.717, 1.165) is 12.3 Å². The van der Waals surface area contributed by atoms with E-state index in [1.807, 2.05) is 6.07 Å². The number of hydrogen-bond donors (Lipinski definition) is 1. The van der Waals surface area contributed by atoms with Crippen LogP contribution in [-0.4, -0.2) is 48.1 Å². The standard InChI is InChI=1S/C15H25N3O/c1-12-10-17-7-3-2-5-13(17)11-18(12)14(9-16)15-6-4-8-19-15/h4,6,8,12-14H,2-3,5,7,9-11,16H2,1H3. The SMILES string of the molecule is CC1CN2CCCCC2CN1C(CN)c1ccco1. The van der Waals surface area contributed by atoms with Crippen molar-refractivity contribution in [3.05, 3.63) is 24.2 Å². The highest BCUT2D eigenvalue weighted by Gasteiger charge is 2.36. The van der Waals surface area contributed by atoms with Gasteiger partial charge in [-0.25, -0.2) is 0 Å². The van der Waals surface area contributed by atoms with E-state index < -0.39 is 0 Å². The molecule has 0 saturated carbocycles. The Kier molecular flexibility index (Phi) is 3.91. The van der Waals surface area contributed by atoms with E-state index in [4.69, 9.17) is 10.2 Å². The first-order valence-corrected chi connectivity index (χ1v) is 7.53. The smallest absolute Gasteiger partial charge is 0.122 e. The molecule has 0 spiro atoms. The average Bonchev–Trinajstić information content (AvgIpc) is 2.94. The van der Waals surface area contributed by atoms with Crippen molar-refractivity contribution >= 4 is 0 Å². The first kappa shape index (κ1) is 13.2. The predicted octanol–water partition coefficient (Wildman–Crippen LogP) is 1.84. The molecule has 2 fully saturated rings. The summed E-state index contributed by atoms with van der Waals surface area (Å²) in [5.74, 6) is 1.01. The summed E-state index contributed by atoms with van der Waals surface area (Å²) in [7, 11) is 0. The largest absolute Gasteiger partial charge is 0.468 e. The molecule has 0 aromatic carbocycles. The fourth-order valence-electron chi connectivity index (χ4n) is 3.70. The van der Waals surface area contributed by atoms with Gasteiger partial charge in [-0.3, -0.25) is 9.80 Å². The molecule has 3 heterocycles. The number of piperazine rings is 1. The number of hydrogen-bond acceptors (Lipinski definition) is 4. The van der Waals surface area contributed by atoms with Gasteiger partial charge in [0.25, 0.3) is 0 Å². The minimum atomic E-state index is 0.231. The number of furan rings is 1. The van der Waals surface area contributed by atoms with Crippen molar-refractivity contribution in [2.45, 2.75) is 44.3 Å². The quantitative estimate of drug-likeness (QED) is 0.904. The summed E-state index contributed by atoms with van der Waals surface area (Å²) in [4.78, 5) is 5.21. The van der Waals surface area contributed by atoms with Crippen molar-refractivity contribution in [1.82, 2.24) is 9.80 Å². The summed E-state index contributed by atoms with van der Waals surface area (Å²) in [5.41, 5.74) is 6.01. The van der Waals surface area contributed by atoms with Gasteiger partial charge < -0.3 is 10.2 Å². The maximum absolute atomic E-state index is 6.01. The van der Waals surface area contributed by atoms with Crippen LogP contribution in [0.2, 0.25) is 0 Å². The maximum Gasteiger partial charge on any atom is 0.122 e. The van der Waals surface area contributed by atoms with Gasteiger partial charge in [-0.1, -0.05) is 6.42 Å². The van der Waals surface area contributed by atoms with Gasteiger partial charge in [0.1, 0.15) is 5.76 Å². The molecule has 2 aliphatic rings. The number of nitrogens with zero attached hydrogens (tertiary/aromatic N) is 2. The van der Waals surface area contributed by atoms with Crippen molar-refractivity contribution in [2.75, 3.05) is 26.2 Å². The lowest BCUT2D eigenvalue weighted by Gasteiger charge is -2.49. The van der Waals surface area contributed by atoms with Gasteiger partial charge in [-0.15, -0.1) is 0 Å². The van der Waals surface area contributed by atoms with Crippen molar-refractivity contribution < 1.29 is 4.42 Å². The van der Waals surface area contributed by atoms with Crippen LogP contribution in [-0.2, 0) is 0 Å². The van der Waals surface area contributed by atoms with Gasteiger partial charge in [0, 0.05) is 31.7 Å². The summed E-state index contributed by atoms with van der Waals surface area (Å²) >= 11 is 0. The molecule has 1 aromatic rings. The van der Waals surface area contributed by atoms with E-state index in [1.54, 1.807) is 6.26 Å². The molecule has 2 aliphatic heterocycles. The molecule has 2 N–H and O–H groups in total. The monoisotopic (exact) mass is 263 g/mol. The molecule has 3 atom stereocenters. The molecule has 0 amide bonds. The highest BCUT2D eigenvalue weighted by Crippen LogP contribution is 2.30. The van der Waals surface area contributed by atoms with Crippen LogP contribution in [0.15, 0.2) is 22.8 Å². The number of piperidine rings is 1. The van der Waals surface area contributed by atoms with Crippen LogP contribution >= 0.6 is 0 Å². The molecule has 3 unspecified atom stereocenters. The zero-order valence-corrected chi connectivity index (χ0v) is 11.8. The van der Waals surface area contributed by atoms with Crippen molar-refractivity contribution in [2.24, 2.45) is 5.73 Å². The number of fused-ring (bicyclic) bond motifs is 1. The lowest BCUT2D eigenvalue weighted by molar-refractivity contribution is -0.0110. The Labute approximate surface area is 115 Å². The van der Waals surface area contributed by atoms with Gasteiger partial charge >= 0.3 is 0 Å². The summed E-state index contributed by atoms with van der Waals surface area (Å²) in [6, 6.07) is 5.51. The third kappa shape index (κ3) is 2.57. The maximum atomic E-state index is 6.01. The van der Waals surface area contributed by atoms with Crippen LogP contribution < -0.4 is 5.73 Å². The summed E-state index contributed by atoms with van der Waals surface area (Å²) < 4.78 is 5.59. The second-order valence-corrected chi connectivity index (χ2v) is 5.96. The highest BCUT2D eigenvalue weighted by molar-refractivity contribution is 5.07. The van der Waals surface area contributed by atoms with Crippen LogP contribution in [0.4, 0.5) is 0 Å². The van der Waals surface area contributed by atoms with Crippen LogP contribution in [0.5, 0.6) is 0 Å². The van der Waals surface area contributed by atoms with Crippen LogP contribution in [0.1, 0.15) is 38.0 Å². The Morgan fingerprint density at radius 2 is 2.32 bits per heavy atom. The molecular weight excluding hydrogens is 238 g/mol. The molecule has 0 aliphatic carbocycles. The minimum Gasteiger partial charge on any atom is -0.468 e. The molecule has 1 aromatic heterocycles. The predicted molar refractivity (Wildman–Crippen MR) is 75.9 cm³/mol. The molecule has 0 bridgehead atoms. The Balaban J connectivity index is 1.75. The Morgan fingerprint density at radius 1 is 1.42 bits per heavy atom. The van der Waals surface area contributed by atoms with E-state index in [-0.39, 0.29) is 6.04 Å². The average molecular weight is 263 g/mol. The van der Waals surface area contributed by atoms with Crippen LogP contribution in [0.3, 0.4) is 0 Å². The molecule has 2 saturated heterocycles. The second kappa shape index (κ2) is 5.65. The molecule has 106 valence electrons. The lowest BCUT2D eigenvalue weighted by Crippen LogP contribution is -2.59. The van der Waals surface area contributed by atoms with Crippen LogP contribution in [0, 0.1) is 0 Å². The zero-order valence-electron chi connectivity index (χ0n) is 11.8. The van der Waals surface area contributed by atoms with Crippen molar-refractivity contribution in [3.8, 4) is 0 Å². The molecule has 4 nitrogen and oxygen atoms in total. The Morgan fingerprint density at radius 3 is 3.05 bits per heavy atom. The van der Waals surface area contributed by atoms with E-state index in [2.05, 4.69) is 22.8 Å². The van der Waals surface area contributed by atoms with Gasteiger partial charge in [-0.05, 0) is 38.4 Å². The molecule has 19 heavy (non-hydrogen) atoms. The number of nitrogens with two attached hydrogens (primary N) is 1. The fraction of sp³-hybridized carbons (Fsp3) is 0.733. The molecule has 0 radical (unpaired) electrons. The first-order valence-electron chi connectivity index (χ1n) is 7.53. The minimum absolute atomic E-state index is 0.231. The zero-order chi connectivity index (χ0) is 13.2. The fourth-order valence-corrected chi connectivity index (χ4v) is 3.70. The molecule has 3 rings (SSSR count). The molecule has 4 heteroatoms. The highest BCUT2D eigenvalue weighted by atomic mass is 16.3. The van der Waals surface area contributed by atoms with Crippen molar-refractivity contribution in [1.29, 1.82) is 0 Å². The van der Waals surface area contributed by atoms with Gasteiger partial charge in [0.2, 0.25) is 0 Å².